The van der Waals surface area contributed by atoms with Crippen molar-refractivity contribution in [3.8, 4) is 0 Å². The quantitative estimate of drug-likeness (QED) is 0.863. The molecule has 1 saturated heterocycles. The van der Waals surface area contributed by atoms with Crippen LogP contribution in [0.15, 0.2) is 29.2 Å². The second kappa shape index (κ2) is 6.19. The predicted molar refractivity (Wildman–Crippen MR) is 83.1 cm³/mol. The number of benzene rings is 1. The van der Waals surface area contributed by atoms with Crippen molar-refractivity contribution in [1.29, 1.82) is 0 Å². The van der Waals surface area contributed by atoms with E-state index >= 15 is 0 Å². The molecule has 0 aromatic heterocycles. The first-order chi connectivity index (χ1) is 9.44. The number of thioether (sulfide) groups is 1. The number of nitrogens with zero attached hydrogens (tertiary/aromatic N) is 1. The van der Waals surface area contributed by atoms with Gasteiger partial charge in [0.1, 0.15) is 6.04 Å². The van der Waals surface area contributed by atoms with Gasteiger partial charge in [-0.2, -0.15) is 0 Å². The third-order valence-electron chi connectivity index (χ3n) is 4.15. The van der Waals surface area contributed by atoms with Crippen LogP contribution in [0, 0.1) is 5.41 Å². The fourth-order valence-electron chi connectivity index (χ4n) is 3.12. The standard InChI is InChI=1S/C16H23NO2S/c1-16(2)9-4-10-17(14(16)15(18)19)11-12-5-7-13(20-3)8-6-12/h5-8,14H,4,9-11H2,1-3H3,(H,18,19). The van der Waals surface area contributed by atoms with Gasteiger partial charge < -0.3 is 5.11 Å². The molecule has 1 aromatic carbocycles. The maximum atomic E-state index is 11.6. The van der Waals surface area contributed by atoms with Crippen LogP contribution in [0.4, 0.5) is 0 Å². The second-order valence-corrected chi connectivity index (χ2v) is 7.03. The Labute approximate surface area is 125 Å². The Morgan fingerprint density at radius 3 is 2.60 bits per heavy atom. The average Bonchev–Trinajstić information content (AvgIpc) is 2.38. The number of aliphatic carboxylic acids is 1. The van der Waals surface area contributed by atoms with Gasteiger partial charge in [0.25, 0.3) is 0 Å². The van der Waals surface area contributed by atoms with Crippen LogP contribution in [0.5, 0.6) is 0 Å². The first-order valence-electron chi connectivity index (χ1n) is 7.04. The molecule has 1 aliphatic heterocycles. The number of carbonyl (C=O) groups is 1. The maximum Gasteiger partial charge on any atom is 0.321 e. The van der Waals surface area contributed by atoms with E-state index in [4.69, 9.17) is 0 Å². The van der Waals surface area contributed by atoms with E-state index in [2.05, 4.69) is 49.3 Å². The van der Waals surface area contributed by atoms with E-state index in [0.29, 0.717) is 0 Å². The van der Waals surface area contributed by atoms with Crippen LogP contribution < -0.4 is 0 Å². The molecule has 0 bridgehead atoms. The second-order valence-electron chi connectivity index (χ2n) is 6.15. The van der Waals surface area contributed by atoms with Gasteiger partial charge in [0.2, 0.25) is 0 Å². The van der Waals surface area contributed by atoms with Gasteiger partial charge in [-0.15, -0.1) is 11.8 Å². The van der Waals surface area contributed by atoms with Crippen molar-refractivity contribution in [3.05, 3.63) is 29.8 Å². The summed E-state index contributed by atoms with van der Waals surface area (Å²) in [5.74, 6) is -0.699. The van der Waals surface area contributed by atoms with E-state index in [-0.39, 0.29) is 5.41 Å². The zero-order chi connectivity index (χ0) is 14.8. The summed E-state index contributed by atoms with van der Waals surface area (Å²) in [7, 11) is 0. The first kappa shape index (κ1) is 15.4. The third-order valence-corrected chi connectivity index (χ3v) is 4.89. The van der Waals surface area contributed by atoms with Gasteiger partial charge in [-0.25, -0.2) is 0 Å². The van der Waals surface area contributed by atoms with Crippen LogP contribution in [-0.2, 0) is 11.3 Å². The van der Waals surface area contributed by atoms with E-state index in [0.717, 1.165) is 25.9 Å². The molecule has 1 unspecified atom stereocenters. The predicted octanol–water partition coefficient (Wildman–Crippen LogP) is 3.48. The summed E-state index contributed by atoms with van der Waals surface area (Å²) < 4.78 is 0. The Morgan fingerprint density at radius 2 is 2.05 bits per heavy atom. The molecule has 4 heteroatoms. The molecule has 1 heterocycles. The van der Waals surface area contributed by atoms with Gasteiger partial charge >= 0.3 is 5.97 Å². The lowest BCUT2D eigenvalue weighted by Crippen LogP contribution is -2.53. The molecule has 0 spiro atoms. The van der Waals surface area contributed by atoms with Crippen molar-refractivity contribution >= 4 is 17.7 Å². The van der Waals surface area contributed by atoms with E-state index < -0.39 is 12.0 Å². The summed E-state index contributed by atoms with van der Waals surface area (Å²) in [4.78, 5) is 15.0. The summed E-state index contributed by atoms with van der Waals surface area (Å²) >= 11 is 1.72. The fraction of sp³-hybridized carbons (Fsp3) is 0.562. The summed E-state index contributed by atoms with van der Waals surface area (Å²) in [6.45, 7) is 5.71. The Kier molecular flexibility index (Phi) is 4.76. The van der Waals surface area contributed by atoms with Gasteiger partial charge in [-0.1, -0.05) is 26.0 Å². The Hall–Kier alpha value is -1.00. The smallest absolute Gasteiger partial charge is 0.321 e. The highest BCUT2D eigenvalue weighted by Crippen LogP contribution is 2.36. The normalized spacial score (nSPS) is 22.6. The molecule has 20 heavy (non-hydrogen) atoms. The monoisotopic (exact) mass is 293 g/mol. The molecule has 0 radical (unpaired) electrons. The lowest BCUT2D eigenvalue weighted by atomic mass is 9.76. The van der Waals surface area contributed by atoms with Crippen LogP contribution in [0.25, 0.3) is 0 Å². The molecule has 0 amide bonds. The van der Waals surface area contributed by atoms with Crippen LogP contribution in [0.1, 0.15) is 32.3 Å². The average molecular weight is 293 g/mol. The summed E-state index contributed by atoms with van der Waals surface area (Å²) in [6, 6.07) is 8.02. The molecule has 3 nitrogen and oxygen atoms in total. The number of likely N-dealkylation sites (tertiary alicyclic amines) is 1. The van der Waals surface area contributed by atoms with E-state index in [1.165, 1.54) is 10.5 Å². The summed E-state index contributed by atoms with van der Waals surface area (Å²) in [5, 5.41) is 9.56. The number of carboxylic acids is 1. The van der Waals surface area contributed by atoms with Crippen molar-refractivity contribution in [1.82, 2.24) is 4.90 Å². The minimum absolute atomic E-state index is 0.163. The Morgan fingerprint density at radius 1 is 1.40 bits per heavy atom. The third kappa shape index (κ3) is 3.36. The molecule has 2 rings (SSSR count). The van der Waals surface area contributed by atoms with Gasteiger partial charge in [0.05, 0.1) is 0 Å². The molecule has 0 saturated carbocycles. The zero-order valence-corrected chi connectivity index (χ0v) is 13.2. The largest absolute Gasteiger partial charge is 0.480 e. The maximum absolute atomic E-state index is 11.6. The van der Waals surface area contributed by atoms with Crippen LogP contribution in [0.3, 0.4) is 0 Å². The van der Waals surface area contributed by atoms with Crippen LogP contribution >= 0.6 is 11.8 Å². The number of hydrogen-bond donors (Lipinski definition) is 1. The van der Waals surface area contributed by atoms with E-state index in [1.54, 1.807) is 11.8 Å². The molecular formula is C16H23NO2S. The molecule has 1 atom stereocenters. The van der Waals surface area contributed by atoms with Crippen LogP contribution in [-0.4, -0.2) is 34.8 Å². The SMILES string of the molecule is CSc1ccc(CN2CCCC(C)(C)C2C(=O)O)cc1. The van der Waals surface area contributed by atoms with Gasteiger partial charge in [-0.3, -0.25) is 9.69 Å². The van der Waals surface area contributed by atoms with Crippen molar-refractivity contribution in [2.75, 3.05) is 12.8 Å². The Bertz CT molecular complexity index is 470. The highest BCUT2D eigenvalue weighted by atomic mass is 32.2. The lowest BCUT2D eigenvalue weighted by Gasteiger charge is -2.44. The van der Waals surface area contributed by atoms with Crippen molar-refractivity contribution in [2.24, 2.45) is 5.41 Å². The number of hydrogen-bond acceptors (Lipinski definition) is 3. The summed E-state index contributed by atoms with van der Waals surface area (Å²) in [6.07, 6.45) is 4.11. The highest BCUT2D eigenvalue weighted by molar-refractivity contribution is 7.98. The lowest BCUT2D eigenvalue weighted by molar-refractivity contribution is -0.151. The fourth-order valence-corrected chi connectivity index (χ4v) is 3.53. The number of piperidine rings is 1. The molecule has 1 fully saturated rings. The number of rotatable bonds is 4. The zero-order valence-electron chi connectivity index (χ0n) is 12.4. The molecule has 110 valence electrons. The van der Waals surface area contributed by atoms with Crippen molar-refractivity contribution in [3.63, 3.8) is 0 Å². The van der Waals surface area contributed by atoms with Gasteiger partial charge in [0, 0.05) is 11.4 Å². The van der Waals surface area contributed by atoms with Gasteiger partial charge in [0.15, 0.2) is 0 Å². The van der Waals surface area contributed by atoms with Crippen molar-refractivity contribution < 1.29 is 9.90 Å². The van der Waals surface area contributed by atoms with Crippen molar-refractivity contribution in [2.45, 2.75) is 44.2 Å². The van der Waals surface area contributed by atoms with Crippen LogP contribution in [0.2, 0.25) is 0 Å². The highest BCUT2D eigenvalue weighted by Gasteiger charge is 2.42. The molecule has 0 aliphatic carbocycles. The molecule has 1 aromatic rings. The Balaban J connectivity index is 2.15. The van der Waals surface area contributed by atoms with Gasteiger partial charge in [-0.05, 0) is 48.8 Å². The molecular weight excluding hydrogens is 270 g/mol. The topological polar surface area (TPSA) is 40.5 Å². The minimum atomic E-state index is -0.699. The van der Waals surface area contributed by atoms with E-state index in [1.807, 2.05) is 0 Å². The first-order valence-corrected chi connectivity index (χ1v) is 8.26. The molecule has 1 aliphatic rings. The summed E-state index contributed by atoms with van der Waals surface area (Å²) in [5.41, 5.74) is 1.02. The molecule has 1 N–H and O–H groups in total. The van der Waals surface area contributed by atoms with E-state index in [9.17, 15) is 9.90 Å². The number of carboxylic acid groups (broad SMARTS) is 1. The minimum Gasteiger partial charge on any atom is -0.480 e.